The maximum absolute atomic E-state index is 6.35. The molecule has 4 nitrogen and oxygen atoms in total. The van der Waals surface area contributed by atoms with E-state index in [0.29, 0.717) is 5.15 Å². The third-order valence-corrected chi connectivity index (χ3v) is 6.51. The number of benzene rings is 2. The summed E-state index contributed by atoms with van der Waals surface area (Å²) in [5.74, 6) is 0. The second-order valence-corrected chi connectivity index (χ2v) is 8.58. The molecular weight excluding hydrogens is 416 g/mol. The Bertz CT molecular complexity index is 1100. The first kappa shape index (κ1) is 21.0. The van der Waals surface area contributed by atoms with Crippen molar-refractivity contribution in [3.8, 4) is 5.69 Å². The van der Waals surface area contributed by atoms with Gasteiger partial charge in [0.15, 0.2) is 5.15 Å². The van der Waals surface area contributed by atoms with Crippen molar-refractivity contribution >= 4 is 11.6 Å². The molecule has 3 heterocycles. The molecule has 5 heteroatoms. The Hall–Kier alpha value is -2.92. The van der Waals surface area contributed by atoms with Crippen LogP contribution in [0.25, 0.3) is 5.69 Å². The quantitative estimate of drug-likeness (QED) is 0.372. The minimum atomic E-state index is 0.289. The highest BCUT2D eigenvalue weighted by Gasteiger charge is 2.26. The van der Waals surface area contributed by atoms with Crippen LogP contribution in [0.1, 0.15) is 22.9 Å². The van der Waals surface area contributed by atoms with Crippen LogP contribution in [-0.4, -0.2) is 45.5 Å². The van der Waals surface area contributed by atoms with Crippen LogP contribution in [0.2, 0.25) is 5.15 Å². The minimum Gasteiger partial charge on any atom is -0.317 e. The van der Waals surface area contributed by atoms with Crippen molar-refractivity contribution in [2.45, 2.75) is 12.6 Å². The Morgan fingerprint density at radius 2 is 1.41 bits per heavy atom. The average Bonchev–Trinajstić information content (AvgIpc) is 3.30. The van der Waals surface area contributed by atoms with E-state index in [-0.39, 0.29) is 6.04 Å². The number of aromatic nitrogens is 2. The smallest absolute Gasteiger partial charge is 0.152 e. The van der Waals surface area contributed by atoms with Crippen LogP contribution in [0.5, 0.6) is 0 Å². The number of pyridine rings is 1. The van der Waals surface area contributed by atoms with Gasteiger partial charge >= 0.3 is 0 Å². The molecule has 0 bridgehead atoms. The lowest BCUT2D eigenvalue weighted by atomic mass is 9.96. The molecule has 0 atom stereocenters. The normalized spacial score (nSPS) is 15.3. The zero-order valence-electron chi connectivity index (χ0n) is 18.0. The summed E-state index contributed by atoms with van der Waals surface area (Å²) in [6.07, 6.45) is 3.79. The molecule has 5 rings (SSSR count). The highest BCUT2D eigenvalue weighted by molar-refractivity contribution is 6.31. The maximum Gasteiger partial charge on any atom is 0.152 e. The molecular formula is C27H27ClN4. The number of halogens is 1. The van der Waals surface area contributed by atoms with Gasteiger partial charge in [-0.05, 0) is 35.4 Å². The molecule has 0 spiro atoms. The van der Waals surface area contributed by atoms with Crippen molar-refractivity contribution in [1.29, 1.82) is 0 Å². The zero-order chi connectivity index (χ0) is 21.8. The van der Waals surface area contributed by atoms with Gasteiger partial charge in [0.05, 0.1) is 11.7 Å². The van der Waals surface area contributed by atoms with E-state index in [1.807, 2.05) is 12.1 Å². The van der Waals surface area contributed by atoms with Gasteiger partial charge < -0.3 is 4.57 Å². The van der Waals surface area contributed by atoms with Crippen LogP contribution in [0.15, 0.2) is 97.3 Å². The van der Waals surface area contributed by atoms with E-state index in [2.05, 4.69) is 98.3 Å². The molecule has 0 unspecified atom stereocenters. The van der Waals surface area contributed by atoms with E-state index >= 15 is 0 Å². The third kappa shape index (κ3) is 4.49. The summed E-state index contributed by atoms with van der Waals surface area (Å²) in [6, 6.07) is 30.2. The average molecular weight is 443 g/mol. The van der Waals surface area contributed by atoms with Crippen LogP contribution < -0.4 is 0 Å². The highest BCUT2D eigenvalue weighted by Crippen LogP contribution is 2.30. The molecule has 1 saturated heterocycles. The summed E-state index contributed by atoms with van der Waals surface area (Å²) < 4.78 is 2.15. The first-order chi connectivity index (χ1) is 15.8. The number of piperazine rings is 1. The van der Waals surface area contributed by atoms with Crippen LogP contribution in [0.3, 0.4) is 0 Å². The topological polar surface area (TPSA) is 24.3 Å². The number of nitrogens with zero attached hydrogens (tertiary/aromatic N) is 4. The van der Waals surface area contributed by atoms with Crippen LogP contribution >= 0.6 is 11.6 Å². The number of hydrogen-bond acceptors (Lipinski definition) is 3. The summed E-state index contributed by atoms with van der Waals surface area (Å²) in [5.41, 5.74) is 4.87. The van der Waals surface area contributed by atoms with E-state index in [0.717, 1.165) is 38.4 Å². The monoisotopic (exact) mass is 442 g/mol. The fourth-order valence-corrected chi connectivity index (χ4v) is 4.84. The van der Waals surface area contributed by atoms with Crippen molar-refractivity contribution in [1.82, 2.24) is 19.4 Å². The van der Waals surface area contributed by atoms with Crippen molar-refractivity contribution < 1.29 is 0 Å². The van der Waals surface area contributed by atoms with Gasteiger partial charge in [-0.2, -0.15) is 0 Å². The molecule has 2 aromatic carbocycles. The van der Waals surface area contributed by atoms with Crippen LogP contribution in [-0.2, 0) is 6.54 Å². The summed E-state index contributed by atoms with van der Waals surface area (Å²) in [5, 5.41) is 0.531. The molecule has 0 amide bonds. The van der Waals surface area contributed by atoms with Crippen LogP contribution in [0.4, 0.5) is 0 Å². The lowest BCUT2D eigenvalue weighted by molar-refractivity contribution is 0.103. The van der Waals surface area contributed by atoms with Crippen molar-refractivity contribution in [3.63, 3.8) is 0 Å². The molecule has 1 aliphatic rings. The van der Waals surface area contributed by atoms with Gasteiger partial charge in [0.2, 0.25) is 0 Å². The van der Waals surface area contributed by atoms with Gasteiger partial charge in [-0.1, -0.05) is 72.3 Å². The SMILES string of the molecule is Clc1ncccc1-n1cccc1CN1CCN(C(c2ccccc2)c2ccccc2)CC1. The molecule has 1 aliphatic heterocycles. The lowest BCUT2D eigenvalue weighted by Gasteiger charge is -2.40. The first-order valence-electron chi connectivity index (χ1n) is 11.1. The molecule has 2 aromatic heterocycles. The maximum atomic E-state index is 6.35. The van der Waals surface area contributed by atoms with Gasteiger partial charge in [-0.25, -0.2) is 4.98 Å². The van der Waals surface area contributed by atoms with E-state index in [9.17, 15) is 0 Å². The van der Waals surface area contributed by atoms with Crippen molar-refractivity contribution in [2.75, 3.05) is 26.2 Å². The molecule has 32 heavy (non-hydrogen) atoms. The predicted molar refractivity (Wildman–Crippen MR) is 130 cm³/mol. The van der Waals surface area contributed by atoms with E-state index in [4.69, 9.17) is 11.6 Å². The Morgan fingerprint density at radius 1 is 0.750 bits per heavy atom. The Balaban J connectivity index is 1.30. The molecule has 0 aliphatic carbocycles. The van der Waals surface area contributed by atoms with E-state index < -0.39 is 0 Å². The summed E-state index contributed by atoms with van der Waals surface area (Å²) in [7, 11) is 0. The lowest BCUT2D eigenvalue weighted by Crippen LogP contribution is -2.47. The van der Waals surface area contributed by atoms with Gasteiger partial charge in [0, 0.05) is 50.8 Å². The second-order valence-electron chi connectivity index (χ2n) is 8.22. The molecule has 0 radical (unpaired) electrons. The Morgan fingerprint density at radius 3 is 2.03 bits per heavy atom. The van der Waals surface area contributed by atoms with Crippen LogP contribution in [0, 0.1) is 0 Å². The van der Waals surface area contributed by atoms with Crippen molar-refractivity contribution in [3.05, 3.63) is 119 Å². The van der Waals surface area contributed by atoms with Crippen molar-refractivity contribution in [2.24, 2.45) is 0 Å². The second kappa shape index (κ2) is 9.70. The highest BCUT2D eigenvalue weighted by atomic mass is 35.5. The molecule has 4 aromatic rings. The molecule has 1 fully saturated rings. The molecule has 162 valence electrons. The zero-order valence-corrected chi connectivity index (χ0v) is 18.8. The third-order valence-electron chi connectivity index (χ3n) is 6.22. The number of hydrogen-bond donors (Lipinski definition) is 0. The van der Waals surface area contributed by atoms with Gasteiger partial charge in [-0.15, -0.1) is 0 Å². The summed E-state index contributed by atoms with van der Waals surface area (Å²) >= 11 is 6.35. The van der Waals surface area contributed by atoms with Gasteiger partial charge in [-0.3, -0.25) is 9.80 Å². The van der Waals surface area contributed by atoms with E-state index in [1.165, 1.54) is 16.8 Å². The standard InChI is InChI=1S/C27H27ClN4/c28-27-25(14-7-15-29-27)32-16-8-13-24(32)21-30-17-19-31(20-18-30)26(22-9-3-1-4-10-22)23-11-5-2-6-12-23/h1-16,26H,17-21H2. The van der Waals surface area contributed by atoms with Gasteiger partial charge in [0.1, 0.15) is 0 Å². The minimum absolute atomic E-state index is 0.289. The fourth-order valence-electron chi connectivity index (χ4n) is 4.63. The number of rotatable bonds is 6. The Kier molecular flexibility index (Phi) is 6.35. The largest absolute Gasteiger partial charge is 0.317 e. The fraction of sp³-hybridized carbons (Fsp3) is 0.222. The Labute approximate surface area is 194 Å². The molecule has 0 saturated carbocycles. The summed E-state index contributed by atoms with van der Waals surface area (Å²) in [6.45, 7) is 5.02. The van der Waals surface area contributed by atoms with E-state index in [1.54, 1.807) is 6.20 Å². The first-order valence-corrected chi connectivity index (χ1v) is 11.5. The summed E-state index contributed by atoms with van der Waals surface area (Å²) in [4.78, 5) is 9.37. The molecule has 0 N–H and O–H groups in total. The predicted octanol–water partition coefficient (Wildman–Crippen LogP) is 5.43. The van der Waals surface area contributed by atoms with Gasteiger partial charge in [0.25, 0.3) is 0 Å².